The summed E-state index contributed by atoms with van der Waals surface area (Å²) in [6, 6.07) is 4.16. The van der Waals surface area contributed by atoms with Gasteiger partial charge in [0.15, 0.2) is 0 Å². The molecule has 0 saturated carbocycles. The Kier molecular flexibility index (Phi) is 3.89. The molecule has 0 atom stereocenters. The number of rotatable bonds is 4. The van der Waals surface area contributed by atoms with Crippen LogP contribution in [0.5, 0.6) is 0 Å². The van der Waals surface area contributed by atoms with Crippen molar-refractivity contribution in [2.24, 2.45) is 5.41 Å². The Morgan fingerprint density at radius 2 is 2.00 bits per heavy atom. The maximum Gasteiger partial charge on any atom is 0.104 e. The maximum absolute atomic E-state index is 5.68. The van der Waals surface area contributed by atoms with E-state index < -0.39 is 0 Å². The molecule has 1 saturated heterocycles. The van der Waals surface area contributed by atoms with Gasteiger partial charge < -0.3 is 14.6 Å². The number of nitrogens with zero attached hydrogens (tertiary/aromatic N) is 1. The molecule has 1 aliphatic rings. The zero-order valence-corrected chi connectivity index (χ0v) is 11.3. The SMILES string of the molecule is Cc1ccc(CC(C)(C)CN2CCNCC2)o1. The van der Waals surface area contributed by atoms with E-state index in [-0.39, 0.29) is 5.41 Å². The molecule has 3 heteroatoms. The van der Waals surface area contributed by atoms with E-state index in [2.05, 4.69) is 36.2 Å². The second kappa shape index (κ2) is 5.23. The number of nitrogens with one attached hydrogen (secondary N) is 1. The predicted molar refractivity (Wildman–Crippen MR) is 70.2 cm³/mol. The van der Waals surface area contributed by atoms with Crippen LogP contribution in [0.3, 0.4) is 0 Å². The van der Waals surface area contributed by atoms with Gasteiger partial charge in [0.1, 0.15) is 11.5 Å². The van der Waals surface area contributed by atoms with Gasteiger partial charge in [-0.25, -0.2) is 0 Å². The molecule has 2 heterocycles. The number of hydrogen-bond acceptors (Lipinski definition) is 3. The molecule has 0 aliphatic carbocycles. The van der Waals surface area contributed by atoms with E-state index >= 15 is 0 Å². The molecule has 2 rings (SSSR count). The van der Waals surface area contributed by atoms with Crippen LogP contribution in [0.1, 0.15) is 25.4 Å². The van der Waals surface area contributed by atoms with E-state index in [1.165, 1.54) is 13.1 Å². The molecule has 0 radical (unpaired) electrons. The fourth-order valence-electron chi connectivity index (χ4n) is 2.58. The third kappa shape index (κ3) is 3.86. The zero-order valence-electron chi connectivity index (χ0n) is 11.3. The summed E-state index contributed by atoms with van der Waals surface area (Å²) in [5.74, 6) is 2.13. The predicted octanol–water partition coefficient (Wildman–Crippen LogP) is 2.06. The van der Waals surface area contributed by atoms with E-state index in [9.17, 15) is 0 Å². The number of furan rings is 1. The lowest BCUT2D eigenvalue weighted by molar-refractivity contribution is 0.155. The van der Waals surface area contributed by atoms with E-state index in [1.807, 2.05) is 6.92 Å². The summed E-state index contributed by atoms with van der Waals surface area (Å²) < 4.78 is 5.68. The van der Waals surface area contributed by atoms with Crippen LogP contribution in [0.2, 0.25) is 0 Å². The minimum atomic E-state index is 0.279. The highest BCUT2D eigenvalue weighted by atomic mass is 16.3. The highest BCUT2D eigenvalue weighted by Crippen LogP contribution is 2.24. The average molecular weight is 236 g/mol. The third-order valence-corrected chi connectivity index (χ3v) is 3.31. The molecule has 3 nitrogen and oxygen atoms in total. The van der Waals surface area contributed by atoms with Crippen LogP contribution in [0, 0.1) is 12.3 Å². The fourth-order valence-corrected chi connectivity index (χ4v) is 2.58. The lowest BCUT2D eigenvalue weighted by atomic mass is 9.87. The van der Waals surface area contributed by atoms with Crippen LogP contribution < -0.4 is 5.32 Å². The standard InChI is InChI=1S/C14H24N2O/c1-12-4-5-13(17-12)10-14(2,3)11-16-8-6-15-7-9-16/h4-5,15H,6-11H2,1-3H3. The topological polar surface area (TPSA) is 28.4 Å². The van der Waals surface area contributed by atoms with Crippen molar-refractivity contribution in [3.05, 3.63) is 23.7 Å². The van der Waals surface area contributed by atoms with Crippen LogP contribution in [0.15, 0.2) is 16.5 Å². The van der Waals surface area contributed by atoms with Gasteiger partial charge in [-0.05, 0) is 24.5 Å². The molecule has 0 spiro atoms. The van der Waals surface area contributed by atoms with Crippen LogP contribution in [0.4, 0.5) is 0 Å². The number of piperazine rings is 1. The monoisotopic (exact) mass is 236 g/mol. The first-order valence-electron chi connectivity index (χ1n) is 6.54. The fraction of sp³-hybridized carbons (Fsp3) is 0.714. The Morgan fingerprint density at radius 3 is 2.59 bits per heavy atom. The van der Waals surface area contributed by atoms with Crippen LogP contribution in [-0.2, 0) is 6.42 Å². The summed E-state index contributed by atoms with van der Waals surface area (Å²) in [4.78, 5) is 2.55. The second-order valence-electron chi connectivity index (χ2n) is 5.88. The Balaban J connectivity index is 1.88. The Hall–Kier alpha value is -0.800. The molecule has 96 valence electrons. The van der Waals surface area contributed by atoms with E-state index in [4.69, 9.17) is 4.42 Å². The number of hydrogen-bond donors (Lipinski definition) is 1. The van der Waals surface area contributed by atoms with Gasteiger partial charge in [-0.1, -0.05) is 13.8 Å². The quantitative estimate of drug-likeness (QED) is 0.867. The molecule has 17 heavy (non-hydrogen) atoms. The van der Waals surface area contributed by atoms with Gasteiger partial charge in [0.05, 0.1) is 0 Å². The summed E-state index contributed by atoms with van der Waals surface area (Å²) in [6.07, 6.45) is 1.02. The molecule has 1 aliphatic heterocycles. The maximum atomic E-state index is 5.68. The van der Waals surface area contributed by atoms with Gasteiger partial charge in [-0.3, -0.25) is 0 Å². The normalized spacial score (nSPS) is 18.5. The van der Waals surface area contributed by atoms with Crippen molar-refractivity contribution in [2.75, 3.05) is 32.7 Å². The van der Waals surface area contributed by atoms with Crippen molar-refractivity contribution in [2.45, 2.75) is 27.2 Å². The highest BCUT2D eigenvalue weighted by molar-refractivity contribution is 5.07. The lowest BCUT2D eigenvalue weighted by Crippen LogP contribution is -2.47. The zero-order chi connectivity index (χ0) is 12.3. The molecule has 0 unspecified atom stereocenters. The first-order valence-corrected chi connectivity index (χ1v) is 6.54. The Morgan fingerprint density at radius 1 is 1.29 bits per heavy atom. The lowest BCUT2D eigenvalue weighted by Gasteiger charge is -2.34. The van der Waals surface area contributed by atoms with Gasteiger partial charge in [0.2, 0.25) is 0 Å². The van der Waals surface area contributed by atoms with Crippen molar-refractivity contribution in [3.8, 4) is 0 Å². The van der Waals surface area contributed by atoms with E-state index in [1.54, 1.807) is 0 Å². The average Bonchev–Trinajstić information content (AvgIpc) is 2.63. The first kappa shape index (κ1) is 12.7. The summed E-state index contributed by atoms with van der Waals surface area (Å²) in [5.41, 5.74) is 0.279. The van der Waals surface area contributed by atoms with E-state index in [0.29, 0.717) is 0 Å². The Bertz CT molecular complexity index is 351. The minimum absolute atomic E-state index is 0.279. The van der Waals surface area contributed by atoms with Crippen molar-refractivity contribution in [1.82, 2.24) is 10.2 Å². The highest BCUT2D eigenvalue weighted by Gasteiger charge is 2.24. The van der Waals surface area contributed by atoms with Crippen molar-refractivity contribution in [1.29, 1.82) is 0 Å². The van der Waals surface area contributed by atoms with Crippen molar-refractivity contribution < 1.29 is 4.42 Å². The van der Waals surface area contributed by atoms with Gasteiger partial charge >= 0.3 is 0 Å². The van der Waals surface area contributed by atoms with Crippen LogP contribution in [0.25, 0.3) is 0 Å². The van der Waals surface area contributed by atoms with Crippen molar-refractivity contribution in [3.63, 3.8) is 0 Å². The smallest absolute Gasteiger partial charge is 0.104 e. The molecular formula is C14H24N2O. The molecule has 1 aromatic heterocycles. The van der Waals surface area contributed by atoms with Gasteiger partial charge in [-0.2, -0.15) is 0 Å². The summed E-state index contributed by atoms with van der Waals surface area (Å²) >= 11 is 0. The molecule has 1 aromatic rings. The molecular weight excluding hydrogens is 212 g/mol. The molecule has 0 aromatic carbocycles. The summed E-state index contributed by atoms with van der Waals surface area (Å²) in [6.45, 7) is 12.4. The number of aryl methyl sites for hydroxylation is 1. The first-order chi connectivity index (χ1) is 8.05. The van der Waals surface area contributed by atoms with Crippen LogP contribution in [-0.4, -0.2) is 37.6 Å². The molecule has 0 bridgehead atoms. The molecule has 0 amide bonds. The largest absolute Gasteiger partial charge is 0.466 e. The second-order valence-corrected chi connectivity index (χ2v) is 5.88. The van der Waals surface area contributed by atoms with Crippen molar-refractivity contribution >= 4 is 0 Å². The van der Waals surface area contributed by atoms with Gasteiger partial charge in [0, 0.05) is 39.1 Å². The third-order valence-electron chi connectivity index (χ3n) is 3.31. The molecule has 1 N–H and O–H groups in total. The molecule has 1 fully saturated rings. The van der Waals surface area contributed by atoms with Gasteiger partial charge in [-0.15, -0.1) is 0 Å². The van der Waals surface area contributed by atoms with E-state index in [0.717, 1.165) is 37.6 Å². The summed E-state index contributed by atoms with van der Waals surface area (Å²) in [7, 11) is 0. The minimum Gasteiger partial charge on any atom is -0.466 e. The Labute approximate surface area is 104 Å². The summed E-state index contributed by atoms with van der Waals surface area (Å²) in [5, 5.41) is 3.39. The van der Waals surface area contributed by atoms with Crippen LogP contribution >= 0.6 is 0 Å². The van der Waals surface area contributed by atoms with Gasteiger partial charge in [0.25, 0.3) is 0 Å².